The van der Waals surface area contributed by atoms with Crippen molar-refractivity contribution in [1.29, 1.82) is 0 Å². The van der Waals surface area contributed by atoms with Gasteiger partial charge in [-0.2, -0.15) is 0 Å². The van der Waals surface area contributed by atoms with Crippen molar-refractivity contribution in [3.63, 3.8) is 0 Å². The minimum Gasteiger partial charge on any atom is -0.345 e. The molecule has 1 fully saturated rings. The largest absolute Gasteiger partial charge is 0.345 e. The van der Waals surface area contributed by atoms with E-state index in [0.29, 0.717) is 43.6 Å². The quantitative estimate of drug-likeness (QED) is 0.891. The summed E-state index contributed by atoms with van der Waals surface area (Å²) < 4.78 is 0. The van der Waals surface area contributed by atoms with Crippen LogP contribution in [0.3, 0.4) is 0 Å². The van der Waals surface area contributed by atoms with E-state index in [4.69, 9.17) is 0 Å². The summed E-state index contributed by atoms with van der Waals surface area (Å²) in [4.78, 5) is 40.1. The lowest BCUT2D eigenvalue weighted by atomic mass is 9.95. The van der Waals surface area contributed by atoms with Gasteiger partial charge in [-0.3, -0.25) is 14.4 Å². The second-order valence-electron chi connectivity index (χ2n) is 6.64. The average molecular weight is 345 g/mol. The Morgan fingerprint density at radius 3 is 2.40 bits per heavy atom. The molecule has 1 aliphatic heterocycles. The molecule has 0 bridgehead atoms. The Bertz CT molecular complexity index is 635. The van der Waals surface area contributed by atoms with Crippen LogP contribution in [0.1, 0.15) is 43.0 Å². The smallest absolute Gasteiger partial charge is 0.255 e. The minimum atomic E-state index is -0.143. The number of benzene rings is 1. The van der Waals surface area contributed by atoms with Crippen molar-refractivity contribution >= 4 is 23.4 Å². The standard InChI is InChI=1S/C19H27N3O3/c1-4-7-17(23)22-12-10-14(11-13-22)18(24)20-16-9-6-5-8-15(16)19(25)21(2)3/h5-6,8-9,14H,4,7,10-13H2,1-3H3,(H,20,24). The zero-order valence-electron chi connectivity index (χ0n) is 15.2. The number of anilines is 1. The Kier molecular flexibility index (Phi) is 6.56. The molecule has 6 nitrogen and oxygen atoms in total. The van der Waals surface area contributed by atoms with E-state index in [1.807, 2.05) is 11.8 Å². The highest BCUT2D eigenvalue weighted by Gasteiger charge is 2.27. The number of likely N-dealkylation sites (tertiary alicyclic amines) is 1. The van der Waals surface area contributed by atoms with Crippen LogP contribution < -0.4 is 5.32 Å². The van der Waals surface area contributed by atoms with Crippen molar-refractivity contribution in [2.75, 3.05) is 32.5 Å². The van der Waals surface area contributed by atoms with Crippen molar-refractivity contribution in [2.24, 2.45) is 5.92 Å². The molecule has 1 N–H and O–H groups in total. The Hall–Kier alpha value is -2.37. The van der Waals surface area contributed by atoms with Crippen LogP contribution in [0, 0.1) is 5.92 Å². The lowest BCUT2D eigenvalue weighted by Gasteiger charge is -2.31. The van der Waals surface area contributed by atoms with Crippen molar-refractivity contribution in [1.82, 2.24) is 9.80 Å². The van der Waals surface area contributed by atoms with Crippen LogP contribution >= 0.6 is 0 Å². The molecule has 3 amide bonds. The van der Waals surface area contributed by atoms with Crippen LogP contribution in [0.4, 0.5) is 5.69 Å². The van der Waals surface area contributed by atoms with E-state index in [1.165, 1.54) is 4.90 Å². The number of piperidine rings is 1. The summed E-state index contributed by atoms with van der Waals surface area (Å²) in [5, 5.41) is 2.90. The summed E-state index contributed by atoms with van der Waals surface area (Å²) in [6.45, 7) is 3.23. The predicted molar refractivity (Wildman–Crippen MR) is 97.3 cm³/mol. The van der Waals surface area contributed by atoms with Gasteiger partial charge >= 0.3 is 0 Å². The molecule has 0 aliphatic carbocycles. The number of hydrogen-bond acceptors (Lipinski definition) is 3. The lowest BCUT2D eigenvalue weighted by molar-refractivity contribution is -0.134. The number of hydrogen-bond donors (Lipinski definition) is 1. The van der Waals surface area contributed by atoms with E-state index in [0.717, 1.165) is 6.42 Å². The number of nitrogens with one attached hydrogen (secondary N) is 1. The van der Waals surface area contributed by atoms with Crippen LogP contribution in [-0.4, -0.2) is 54.7 Å². The van der Waals surface area contributed by atoms with Gasteiger partial charge in [0, 0.05) is 39.5 Å². The topological polar surface area (TPSA) is 69.7 Å². The van der Waals surface area contributed by atoms with Gasteiger partial charge in [0.05, 0.1) is 11.3 Å². The molecule has 0 aromatic heterocycles. The third-order valence-electron chi connectivity index (χ3n) is 4.50. The van der Waals surface area contributed by atoms with Gasteiger partial charge in [0.15, 0.2) is 0 Å². The zero-order valence-corrected chi connectivity index (χ0v) is 15.2. The zero-order chi connectivity index (χ0) is 18.4. The molecule has 0 spiro atoms. The van der Waals surface area contributed by atoms with E-state index >= 15 is 0 Å². The van der Waals surface area contributed by atoms with Crippen molar-refractivity contribution < 1.29 is 14.4 Å². The molecule has 1 aromatic carbocycles. The molecule has 6 heteroatoms. The van der Waals surface area contributed by atoms with Crippen molar-refractivity contribution in [3.05, 3.63) is 29.8 Å². The molecule has 1 aliphatic rings. The van der Waals surface area contributed by atoms with Gasteiger partial charge in [-0.1, -0.05) is 19.1 Å². The Labute approximate surface area is 149 Å². The fourth-order valence-corrected chi connectivity index (χ4v) is 3.02. The van der Waals surface area contributed by atoms with Crippen LogP contribution in [0.15, 0.2) is 24.3 Å². The first kappa shape index (κ1) is 19.0. The third-order valence-corrected chi connectivity index (χ3v) is 4.50. The Morgan fingerprint density at radius 2 is 1.80 bits per heavy atom. The summed E-state index contributed by atoms with van der Waals surface area (Å²) in [6.07, 6.45) is 2.73. The highest BCUT2D eigenvalue weighted by atomic mass is 16.2. The van der Waals surface area contributed by atoms with Gasteiger partial charge in [0.1, 0.15) is 0 Å². The molecular weight excluding hydrogens is 318 g/mol. The fourth-order valence-electron chi connectivity index (χ4n) is 3.02. The molecule has 0 unspecified atom stereocenters. The minimum absolute atomic E-state index is 0.0819. The van der Waals surface area contributed by atoms with E-state index in [-0.39, 0.29) is 23.6 Å². The van der Waals surface area contributed by atoms with E-state index in [2.05, 4.69) is 5.32 Å². The number of amides is 3. The van der Waals surface area contributed by atoms with Gasteiger partial charge in [-0.25, -0.2) is 0 Å². The molecule has 0 radical (unpaired) electrons. The Morgan fingerprint density at radius 1 is 1.16 bits per heavy atom. The normalized spacial score (nSPS) is 14.9. The number of nitrogens with zero attached hydrogens (tertiary/aromatic N) is 2. The maximum atomic E-state index is 12.6. The third kappa shape index (κ3) is 4.81. The number of rotatable bonds is 5. The number of carbonyl (C=O) groups is 3. The first-order valence-corrected chi connectivity index (χ1v) is 8.83. The van der Waals surface area contributed by atoms with E-state index in [1.54, 1.807) is 38.4 Å². The van der Waals surface area contributed by atoms with Crippen LogP contribution in [0.5, 0.6) is 0 Å². The summed E-state index contributed by atoms with van der Waals surface area (Å²) >= 11 is 0. The summed E-state index contributed by atoms with van der Waals surface area (Å²) in [6, 6.07) is 7.04. The van der Waals surface area contributed by atoms with Gasteiger partial charge in [-0.15, -0.1) is 0 Å². The molecule has 136 valence electrons. The van der Waals surface area contributed by atoms with Crippen molar-refractivity contribution in [2.45, 2.75) is 32.6 Å². The number of para-hydroxylation sites is 1. The Balaban J connectivity index is 1.98. The molecule has 1 aromatic rings. The number of carbonyl (C=O) groups excluding carboxylic acids is 3. The highest BCUT2D eigenvalue weighted by molar-refractivity contribution is 6.04. The first-order valence-electron chi connectivity index (χ1n) is 8.83. The predicted octanol–water partition coefficient (Wildman–Crippen LogP) is 2.37. The molecule has 2 rings (SSSR count). The average Bonchev–Trinajstić information content (AvgIpc) is 2.61. The molecule has 1 heterocycles. The van der Waals surface area contributed by atoms with Crippen LogP contribution in [0.25, 0.3) is 0 Å². The first-order chi connectivity index (χ1) is 11.9. The molecule has 25 heavy (non-hydrogen) atoms. The van der Waals surface area contributed by atoms with Gasteiger partial charge in [0.2, 0.25) is 11.8 Å². The van der Waals surface area contributed by atoms with Crippen LogP contribution in [-0.2, 0) is 9.59 Å². The van der Waals surface area contributed by atoms with E-state index < -0.39 is 0 Å². The SMILES string of the molecule is CCCC(=O)N1CCC(C(=O)Nc2ccccc2C(=O)N(C)C)CC1. The fraction of sp³-hybridized carbons (Fsp3) is 0.526. The summed E-state index contributed by atoms with van der Waals surface area (Å²) in [7, 11) is 3.37. The second-order valence-corrected chi connectivity index (χ2v) is 6.64. The van der Waals surface area contributed by atoms with Crippen molar-refractivity contribution in [3.8, 4) is 0 Å². The van der Waals surface area contributed by atoms with Gasteiger partial charge < -0.3 is 15.1 Å². The maximum Gasteiger partial charge on any atom is 0.255 e. The van der Waals surface area contributed by atoms with E-state index in [9.17, 15) is 14.4 Å². The molecular formula is C19H27N3O3. The second kappa shape index (κ2) is 8.65. The monoisotopic (exact) mass is 345 g/mol. The van der Waals surface area contributed by atoms with Crippen LogP contribution in [0.2, 0.25) is 0 Å². The molecule has 0 saturated carbocycles. The summed E-state index contributed by atoms with van der Waals surface area (Å²) in [5.41, 5.74) is 1.02. The van der Waals surface area contributed by atoms with Gasteiger partial charge in [0.25, 0.3) is 5.91 Å². The molecule has 0 atom stereocenters. The summed E-state index contributed by atoms with van der Waals surface area (Å²) in [5.74, 6) is -0.186. The molecule has 1 saturated heterocycles. The lowest BCUT2D eigenvalue weighted by Crippen LogP contribution is -2.41. The van der Waals surface area contributed by atoms with Gasteiger partial charge in [-0.05, 0) is 31.4 Å². The maximum absolute atomic E-state index is 12.6. The highest BCUT2D eigenvalue weighted by Crippen LogP contribution is 2.22.